The van der Waals surface area contributed by atoms with Crippen LogP contribution >= 0.6 is 0 Å². The predicted molar refractivity (Wildman–Crippen MR) is 150 cm³/mol. The van der Waals surface area contributed by atoms with Crippen LogP contribution in [0.1, 0.15) is 107 Å². The molecule has 2 aliphatic rings. The second-order valence-corrected chi connectivity index (χ2v) is 10.9. The first kappa shape index (κ1) is 29.3. The summed E-state index contributed by atoms with van der Waals surface area (Å²) in [5.74, 6) is 0. The van der Waals surface area contributed by atoms with Gasteiger partial charge in [-0.25, -0.2) is 8.78 Å². The number of alkyl halides is 2. The molecule has 202 valence electrons. The number of nitriles is 1. The van der Waals surface area contributed by atoms with E-state index in [1.807, 2.05) is 18.2 Å². The molecule has 0 aliphatic heterocycles. The Balaban J connectivity index is 0.00000121. The van der Waals surface area contributed by atoms with Gasteiger partial charge < -0.3 is 4.90 Å². The molecule has 1 unspecified atom stereocenters. The summed E-state index contributed by atoms with van der Waals surface area (Å²) < 4.78 is 32.2. The summed E-state index contributed by atoms with van der Waals surface area (Å²) in [6.45, 7) is 7.94. The maximum absolute atomic E-state index is 16.1. The maximum atomic E-state index is 16.1. The van der Waals surface area contributed by atoms with E-state index in [0.717, 1.165) is 81.1 Å². The fourth-order valence-corrected chi connectivity index (χ4v) is 6.58. The van der Waals surface area contributed by atoms with E-state index >= 15 is 8.78 Å². The van der Waals surface area contributed by atoms with Gasteiger partial charge in [0, 0.05) is 19.5 Å². The lowest BCUT2D eigenvalue weighted by Crippen LogP contribution is -2.37. The van der Waals surface area contributed by atoms with E-state index in [9.17, 15) is 0 Å². The summed E-state index contributed by atoms with van der Waals surface area (Å²) in [6.07, 6.45) is 9.87. The fourth-order valence-electron chi connectivity index (χ4n) is 6.58. The van der Waals surface area contributed by atoms with Crippen LogP contribution in [0.15, 0.2) is 48.5 Å². The van der Waals surface area contributed by atoms with Gasteiger partial charge >= 0.3 is 0 Å². The molecule has 2 nitrogen and oxygen atoms in total. The first-order chi connectivity index (χ1) is 17.9. The summed E-state index contributed by atoms with van der Waals surface area (Å²) in [7, 11) is 0. The first-order valence-corrected chi connectivity index (χ1v) is 14.5. The molecular weight excluding hydrogens is 462 g/mol. The molecule has 0 saturated heterocycles. The minimum absolute atomic E-state index is 0.424. The third kappa shape index (κ3) is 7.41. The highest BCUT2D eigenvalue weighted by atomic mass is 19.1. The van der Waals surface area contributed by atoms with Crippen LogP contribution in [0.3, 0.4) is 0 Å². The Morgan fingerprint density at radius 1 is 0.838 bits per heavy atom. The van der Waals surface area contributed by atoms with Gasteiger partial charge in [0.25, 0.3) is 0 Å². The summed E-state index contributed by atoms with van der Waals surface area (Å²) in [6, 6.07) is 18.7. The van der Waals surface area contributed by atoms with E-state index in [0.29, 0.717) is 31.7 Å². The molecule has 2 aromatic carbocycles. The molecular formula is C33H46F2N2. The van der Waals surface area contributed by atoms with Gasteiger partial charge in [-0.05, 0) is 106 Å². The quantitative estimate of drug-likeness (QED) is 0.303. The topological polar surface area (TPSA) is 27.0 Å². The highest BCUT2D eigenvalue weighted by molar-refractivity contribution is 5.43. The number of likely N-dealkylation sites (N-methyl/N-ethyl adjacent to an activating group) is 1. The van der Waals surface area contributed by atoms with E-state index in [1.165, 1.54) is 12.5 Å². The second-order valence-electron chi connectivity index (χ2n) is 10.9. The second kappa shape index (κ2) is 14.1. The number of halogens is 2. The molecule has 0 radical (unpaired) electrons. The van der Waals surface area contributed by atoms with Gasteiger partial charge in [-0.2, -0.15) is 5.26 Å². The first-order valence-electron chi connectivity index (χ1n) is 14.5. The molecule has 2 aliphatic carbocycles. The average Bonchev–Trinajstić information content (AvgIpc) is 3.56. The van der Waals surface area contributed by atoms with Gasteiger partial charge in [-0.1, -0.05) is 62.4 Å². The zero-order chi connectivity index (χ0) is 26.7. The van der Waals surface area contributed by atoms with Gasteiger partial charge in [-0.15, -0.1) is 0 Å². The molecule has 0 aromatic heterocycles. The minimum atomic E-state index is -1.28. The SMILES string of the molecule is CC#N.CCC(CCc1c(C2(F)CCCC2)cccc1C1(F)CCCC1)N(CC)CCc1ccccc1. The number of nitrogens with zero attached hydrogens (tertiary/aromatic N) is 2. The molecule has 4 rings (SSSR count). The van der Waals surface area contributed by atoms with Crippen LogP contribution in [-0.4, -0.2) is 24.0 Å². The molecule has 4 heteroatoms. The molecule has 2 fully saturated rings. The molecule has 1 atom stereocenters. The van der Waals surface area contributed by atoms with Crippen LogP contribution in [0, 0.1) is 11.3 Å². The van der Waals surface area contributed by atoms with Crippen molar-refractivity contribution in [3.05, 3.63) is 70.8 Å². The van der Waals surface area contributed by atoms with E-state index in [-0.39, 0.29) is 0 Å². The van der Waals surface area contributed by atoms with Crippen molar-refractivity contribution in [2.75, 3.05) is 13.1 Å². The van der Waals surface area contributed by atoms with Gasteiger partial charge in [0.1, 0.15) is 11.3 Å². The highest BCUT2D eigenvalue weighted by Gasteiger charge is 2.42. The normalized spacial score (nSPS) is 18.7. The lowest BCUT2D eigenvalue weighted by Gasteiger charge is -2.33. The van der Waals surface area contributed by atoms with E-state index < -0.39 is 11.3 Å². The molecule has 0 N–H and O–H groups in total. The fraction of sp³-hybridized carbons (Fsp3) is 0.606. The zero-order valence-electron chi connectivity index (χ0n) is 23.2. The van der Waals surface area contributed by atoms with Crippen LogP contribution in [-0.2, 0) is 24.2 Å². The van der Waals surface area contributed by atoms with E-state index in [2.05, 4.69) is 49.1 Å². The zero-order valence-corrected chi connectivity index (χ0v) is 23.2. The molecule has 2 saturated carbocycles. The molecule has 37 heavy (non-hydrogen) atoms. The van der Waals surface area contributed by atoms with E-state index in [1.54, 1.807) is 6.07 Å². The summed E-state index contributed by atoms with van der Waals surface area (Å²) in [5.41, 5.74) is 1.40. The molecule has 0 amide bonds. The third-order valence-electron chi connectivity index (χ3n) is 8.59. The lowest BCUT2D eigenvalue weighted by molar-refractivity contribution is 0.160. The Morgan fingerprint density at radius 2 is 1.35 bits per heavy atom. The Kier molecular flexibility index (Phi) is 11.1. The summed E-state index contributed by atoms with van der Waals surface area (Å²) >= 11 is 0. The largest absolute Gasteiger partial charge is 0.300 e. The standard InChI is InChI=1S/C31H43F2N.C2H3N/c1-3-26(34(4-2)24-19-25-13-6-5-7-14-25)17-18-27-28(30(32)20-8-9-21-30)15-12-16-29(27)31(33)22-10-11-23-31;1-2-3/h5-7,12-16,26H,3-4,8-11,17-24H2,1-2H3;1H3. The van der Waals surface area contributed by atoms with Crippen molar-refractivity contribution >= 4 is 0 Å². The monoisotopic (exact) mass is 508 g/mol. The number of hydrogen-bond donors (Lipinski definition) is 0. The van der Waals surface area contributed by atoms with Crippen LogP contribution in [0.5, 0.6) is 0 Å². The van der Waals surface area contributed by atoms with Crippen molar-refractivity contribution in [3.63, 3.8) is 0 Å². The lowest BCUT2D eigenvalue weighted by atomic mass is 9.80. The van der Waals surface area contributed by atoms with Gasteiger partial charge in [0.15, 0.2) is 0 Å². The van der Waals surface area contributed by atoms with Crippen LogP contribution in [0.25, 0.3) is 0 Å². The van der Waals surface area contributed by atoms with Crippen molar-refractivity contribution in [1.82, 2.24) is 4.90 Å². The van der Waals surface area contributed by atoms with E-state index in [4.69, 9.17) is 5.26 Å². The van der Waals surface area contributed by atoms with Gasteiger partial charge in [0.2, 0.25) is 0 Å². The number of rotatable bonds is 11. The number of benzene rings is 2. The Morgan fingerprint density at radius 3 is 1.81 bits per heavy atom. The highest BCUT2D eigenvalue weighted by Crippen LogP contribution is 2.49. The van der Waals surface area contributed by atoms with Crippen molar-refractivity contribution in [1.29, 1.82) is 5.26 Å². The third-order valence-corrected chi connectivity index (χ3v) is 8.59. The van der Waals surface area contributed by atoms with Crippen molar-refractivity contribution < 1.29 is 8.78 Å². The van der Waals surface area contributed by atoms with Gasteiger partial charge in [0.05, 0.1) is 6.07 Å². The molecule has 2 aromatic rings. The Labute approximate surface area is 224 Å². The predicted octanol–water partition coefficient (Wildman–Crippen LogP) is 8.97. The van der Waals surface area contributed by atoms with Crippen LogP contribution in [0.2, 0.25) is 0 Å². The van der Waals surface area contributed by atoms with Crippen LogP contribution < -0.4 is 0 Å². The van der Waals surface area contributed by atoms with Crippen LogP contribution in [0.4, 0.5) is 8.78 Å². The molecule has 0 bridgehead atoms. The molecule has 0 spiro atoms. The maximum Gasteiger partial charge on any atom is 0.136 e. The molecule has 0 heterocycles. The Bertz CT molecular complexity index is 945. The van der Waals surface area contributed by atoms with Crippen molar-refractivity contribution in [3.8, 4) is 6.07 Å². The summed E-state index contributed by atoms with van der Waals surface area (Å²) in [4.78, 5) is 2.57. The van der Waals surface area contributed by atoms with Crippen molar-refractivity contribution in [2.24, 2.45) is 0 Å². The Hall–Kier alpha value is -2.25. The van der Waals surface area contributed by atoms with Gasteiger partial charge in [-0.3, -0.25) is 0 Å². The minimum Gasteiger partial charge on any atom is -0.300 e. The average molecular weight is 509 g/mol. The van der Waals surface area contributed by atoms with Crippen molar-refractivity contribution in [2.45, 2.75) is 115 Å². The number of hydrogen-bond acceptors (Lipinski definition) is 2. The smallest absolute Gasteiger partial charge is 0.136 e. The summed E-state index contributed by atoms with van der Waals surface area (Å²) in [5, 5.41) is 7.32.